The number of rotatable bonds is 5. The summed E-state index contributed by atoms with van der Waals surface area (Å²) in [7, 11) is 2.03. The summed E-state index contributed by atoms with van der Waals surface area (Å²) in [6, 6.07) is 3.72. The number of pyridine rings is 1. The lowest BCUT2D eigenvalue weighted by molar-refractivity contribution is -0.136. The number of carboxylic acid groups (broad SMARTS) is 1. The third kappa shape index (κ3) is 2.95. The summed E-state index contributed by atoms with van der Waals surface area (Å²) in [6.45, 7) is 1.05. The minimum atomic E-state index is -0.819. The topological polar surface area (TPSA) is 53.4 Å². The van der Waals surface area contributed by atoms with Gasteiger partial charge in [0.1, 0.15) is 5.82 Å². The Balaban J connectivity index is 1.97. The van der Waals surface area contributed by atoms with E-state index in [4.69, 9.17) is 5.11 Å². The second-order valence-electron chi connectivity index (χ2n) is 4.42. The first kappa shape index (κ1) is 10.9. The van der Waals surface area contributed by atoms with E-state index in [1.54, 1.807) is 6.20 Å². The maximum atomic E-state index is 10.5. The van der Waals surface area contributed by atoms with Crippen LogP contribution >= 0.6 is 0 Å². The van der Waals surface area contributed by atoms with Crippen molar-refractivity contribution in [2.45, 2.75) is 19.3 Å². The number of aliphatic carboxylic acids is 1. The highest BCUT2D eigenvalue weighted by molar-refractivity contribution is 5.70. The highest BCUT2D eigenvalue weighted by Crippen LogP contribution is 2.30. The van der Waals surface area contributed by atoms with Gasteiger partial charge in [-0.3, -0.25) is 4.79 Å². The smallest absolute Gasteiger partial charge is 0.307 e. The molecule has 4 nitrogen and oxygen atoms in total. The van der Waals surface area contributed by atoms with Gasteiger partial charge in [-0.25, -0.2) is 4.98 Å². The van der Waals surface area contributed by atoms with E-state index in [1.165, 1.54) is 12.8 Å². The number of hydrogen-bond donors (Lipinski definition) is 1. The van der Waals surface area contributed by atoms with Gasteiger partial charge in [0.2, 0.25) is 0 Å². The molecule has 0 atom stereocenters. The maximum Gasteiger partial charge on any atom is 0.307 e. The summed E-state index contributed by atoms with van der Waals surface area (Å²) in [5, 5.41) is 8.63. The van der Waals surface area contributed by atoms with E-state index < -0.39 is 5.97 Å². The number of carboxylic acids is 1. The predicted molar refractivity (Wildman–Crippen MR) is 61.6 cm³/mol. The van der Waals surface area contributed by atoms with Crippen LogP contribution in [0.25, 0.3) is 0 Å². The third-order valence-corrected chi connectivity index (χ3v) is 2.78. The average Bonchev–Trinajstić information content (AvgIpc) is 3.01. The van der Waals surface area contributed by atoms with E-state index in [0.717, 1.165) is 23.8 Å². The Morgan fingerprint density at radius 2 is 2.31 bits per heavy atom. The molecule has 1 aromatic heterocycles. The Bertz CT molecular complexity index is 371. The fraction of sp³-hybridized carbons (Fsp3) is 0.500. The first-order valence-corrected chi connectivity index (χ1v) is 5.53. The van der Waals surface area contributed by atoms with Gasteiger partial charge in [-0.15, -0.1) is 0 Å². The largest absolute Gasteiger partial charge is 0.481 e. The van der Waals surface area contributed by atoms with E-state index in [2.05, 4.69) is 9.88 Å². The fourth-order valence-electron chi connectivity index (χ4n) is 1.70. The van der Waals surface area contributed by atoms with E-state index >= 15 is 0 Å². The molecule has 2 rings (SSSR count). The first-order chi connectivity index (χ1) is 7.65. The van der Waals surface area contributed by atoms with Crippen molar-refractivity contribution in [3.05, 3.63) is 23.9 Å². The molecule has 1 heterocycles. The molecule has 16 heavy (non-hydrogen) atoms. The molecule has 0 aliphatic heterocycles. The lowest BCUT2D eigenvalue weighted by Gasteiger charge is -2.17. The van der Waals surface area contributed by atoms with Crippen LogP contribution < -0.4 is 4.90 Å². The van der Waals surface area contributed by atoms with Crippen molar-refractivity contribution in [2.24, 2.45) is 5.92 Å². The summed E-state index contributed by atoms with van der Waals surface area (Å²) < 4.78 is 0. The Morgan fingerprint density at radius 3 is 2.81 bits per heavy atom. The highest BCUT2D eigenvalue weighted by atomic mass is 16.4. The van der Waals surface area contributed by atoms with E-state index in [1.807, 2.05) is 19.2 Å². The van der Waals surface area contributed by atoms with Crippen LogP contribution in [-0.2, 0) is 11.2 Å². The Kier molecular flexibility index (Phi) is 3.08. The van der Waals surface area contributed by atoms with Gasteiger partial charge in [0.25, 0.3) is 0 Å². The van der Waals surface area contributed by atoms with Crippen molar-refractivity contribution in [3.8, 4) is 0 Å². The summed E-state index contributed by atoms with van der Waals surface area (Å²) in [5.41, 5.74) is 0.746. The molecule has 0 radical (unpaired) electrons. The quantitative estimate of drug-likeness (QED) is 0.818. The zero-order valence-corrected chi connectivity index (χ0v) is 9.39. The zero-order chi connectivity index (χ0) is 11.5. The lowest BCUT2D eigenvalue weighted by Crippen LogP contribution is -2.21. The van der Waals surface area contributed by atoms with E-state index in [9.17, 15) is 4.79 Å². The molecule has 1 aliphatic rings. The summed E-state index contributed by atoms with van der Waals surface area (Å²) in [6.07, 6.45) is 4.33. The molecule has 1 saturated carbocycles. The number of hydrogen-bond acceptors (Lipinski definition) is 3. The van der Waals surface area contributed by atoms with E-state index in [0.29, 0.717) is 0 Å². The van der Waals surface area contributed by atoms with Gasteiger partial charge in [-0.1, -0.05) is 6.07 Å². The Labute approximate surface area is 94.9 Å². The van der Waals surface area contributed by atoms with Crippen LogP contribution in [0.15, 0.2) is 18.3 Å². The molecule has 0 aromatic carbocycles. The monoisotopic (exact) mass is 220 g/mol. The SMILES string of the molecule is CN(CC1CC1)c1ccc(CC(=O)O)cn1. The first-order valence-electron chi connectivity index (χ1n) is 5.53. The van der Waals surface area contributed by atoms with Crippen LogP contribution in [0.4, 0.5) is 5.82 Å². The summed E-state index contributed by atoms with van der Waals surface area (Å²) in [4.78, 5) is 16.9. The molecule has 1 N–H and O–H groups in total. The second-order valence-corrected chi connectivity index (χ2v) is 4.42. The maximum absolute atomic E-state index is 10.5. The van der Waals surface area contributed by atoms with Gasteiger partial charge >= 0.3 is 5.97 Å². The molecule has 4 heteroatoms. The number of aromatic nitrogens is 1. The second kappa shape index (κ2) is 4.51. The van der Waals surface area contributed by atoms with Crippen molar-refractivity contribution >= 4 is 11.8 Å². The molecule has 0 spiro atoms. The minimum absolute atomic E-state index is 0.0413. The van der Waals surface area contributed by atoms with Gasteiger partial charge in [0, 0.05) is 19.8 Å². The number of anilines is 1. The normalized spacial score (nSPS) is 14.8. The van der Waals surface area contributed by atoms with Crippen molar-refractivity contribution in [3.63, 3.8) is 0 Å². The minimum Gasteiger partial charge on any atom is -0.481 e. The van der Waals surface area contributed by atoms with Crippen LogP contribution in [0.3, 0.4) is 0 Å². The van der Waals surface area contributed by atoms with Gasteiger partial charge in [0.05, 0.1) is 6.42 Å². The van der Waals surface area contributed by atoms with Gasteiger partial charge in [-0.2, -0.15) is 0 Å². The Hall–Kier alpha value is -1.58. The highest BCUT2D eigenvalue weighted by Gasteiger charge is 2.23. The van der Waals surface area contributed by atoms with Crippen LogP contribution in [0.5, 0.6) is 0 Å². The van der Waals surface area contributed by atoms with Crippen molar-refractivity contribution in [1.29, 1.82) is 0 Å². The fourth-order valence-corrected chi connectivity index (χ4v) is 1.70. The molecule has 86 valence electrons. The summed E-state index contributed by atoms with van der Waals surface area (Å²) >= 11 is 0. The molecule has 1 aliphatic carbocycles. The number of nitrogens with zero attached hydrogens (tertiary/aromatic N) is 2. The van der Waals surface area contributed by atoms with Gasteiger partial charge in [-0.05, 0) is 30.4 Å². The van der Waals surface area contributed by atoms with Crippen molar-refractivity contribution in [2.75, 3.05) is 18.5 Å². The molecule has 0 bridgehead atoms. The molecular weight excluding hydrogens is 204 g/mol. The zero-order valence-electron chi connectivity index (χ0n) is 9.39. The van der Waals surface area contributed by atoms with Crippen LogP contribution in [0.1, 0.15) is 18.4 Å². The third-order valence-electron chi connectivity index (χ3n) is 2.78. The standard InChI is InChI=1S/C12H16N2O2/c1-14(8-9-2-3-9)11-5-4-10(7-13-11)6-12(15)16/h4-5,7,9H,2-3,6,8H2,1H3,(H,15,16). The number of carbonyl (C=O) groups is 1. The lowest BCUT2D eigenvalue weighted by atomic mass is 10.2. The van der Waals surface area contributed by atoms with Crippen molar-refractivity contribution < 1.29 is 9.90 Å². The molecule has 0 saturated heterocycles. The Morgan fingerprint density at radius 1 is 1.56 bits per heavy atom. The van der Waals surface area contributed by atoms with Crippen molar-refractivity contribution in [1.82, 2.24) is 4.98 Å². The van der Waals surface area contributed by atoms with E-state index in [-0.39, 0.29) is 6.42 Å². The predicted octanol–water partition coefficient (Wildman–Crippen LogP) is 1.55. The molecule has 1 aromatic rings. The van der Waals surface area contributed by atoms with Crippen LogP contribution in [0, 0.1) is 5.92 Å². The van der Waals surface area contributed by atoms with Gasteiger partial charge < -0.3 is 10.0 Å². The molecule has 0 unspecified atom stereocenters. The molecule has 0 amide bonds. The average molecular weight is 220 g/mol. The molecular formula is C12H16N2O2. The summed E-state index contributed by atoms with van der Waals surface area (Å²) in [5.74, 6) is 0.924. The van der Waals surface area contributed by atoms with Gasteiger partial charge in [0.15, 0.2) is 0 Å². The molecule has 1 fully saturated rings. The van der Waals surface area contributed by atoms with Crippen LogP contribution in [-0.4, -0.2) is 29.7 Å². The van der Waals surface area contributed by atoms with Crippen LogP contribution in [0.2, 0.25) is 0 Å².